The van der Waals surface area contributed by atoms with Gasteiger partial charge in [0.15, 0.2) is 0 Å². The zero-order valence-electron chi connectivity index (χ0n) is 17.0. The SMILES string of the molecule is NN/C(=C\NCc1cn2cc(C3CC3)ccc2n1)C(=O)NCc1ccc2sccc2c1.[HH]. The molecular weight excluding hydrogens is 408 g/mol. The number of rotatable bonds is 8. The topological polar surface area (TPSA) is 96.5 Å². The highest BCUT2D eigenvalue weighted by atomic mass is 32.1. The van der Waals surface area contributed by atoms with Crippen LogP contribution in [0.5, 0.6) is 0 Å². The summed E-state index contributed by atoms with van der Waals surface area (Å²) >= 11 is 1.70. The van der Waals surface area contributed by atoms with Gasteiger partial charge in [0.25, 0.3) is 5.91 Å². The van der Waals surface area contributed by atoms with Crippen molar-refractivity contribution in [1.29, 1.82) is 0 Å². The van der Waals surface area contributed by atoms with E-state index in [0.717, 1.165) is 16.9 Å². The molecule has 5 N–H and O–H groups in total. The number of fused-ring (bicyclic) bond motifs is 2. The van der Waals surface area contributed by atoms with Crippen LogP contribution in [0, 0.1) is 0 Å². The summed E-state index contributed by atoms with van der Waals surface area (Å²) in [6, 6.07) is 12.5. The predicted molar refractivity (Wildman–Crippen MR) is 125 cm³/mol. The predicted octanol–water partition coefficient (Wildman–Crippen LogP) is 3.38. The van der Waals surface area contributed by atoms with Crippen LogP contribution in [0.2, 0.25) is 0 Å². The number of hydrogen-bond acceptors (Lipinski definition) is 6. The number of imidazole rings is 1. The largest absolute Gasteiger partial charge is 0.383 e. The normalized spacial score (nSPS) is 14.2. The first kappa shape index (κ1) is 19.6. The van der Waals surface area contributed by atoms with Gasteiger partial charge in [-0.2, -0.15) is 0 Å². The number of amides is 1. The van der Waals surface area contributed by atoms with Gasteiger partial charge < -0.3 is 20.5 Å². The summed E-state index contributed by atoms with van der Waals surface area (Å²) < 4.78 is 3.30. The molecule has 31 heavy (non-hydrogen) atoms. The standard InChI is InChI=1S/C23H24N6OS.H2/c24-28-20(23(30)26-10-15-1-5-21-17(9-15)7-8-31-21)12-25-11-19-14-29-13-18(16-2-3-16)4-6-22(29)27-19;/h1,4-9,12-14,16,25,28H,2-3,10-11,24H2,(H,26,30);1H/b20-12-;. The molecule has 160 valence electrons. The van der Waals surface area contributed by atoms with Crippen LogP contribution >= 0.6 is 11.3 Å². The number of thiophene rings is 1. The number of carbonyl (C=O) groups excluding carboxylic acids is 1. The Morgan fingerprint density at radius 1 is 1.23 bits per heavy atom. The van der Waals surface area contributed by atoms with E-state index >= 15 is 0 Å². The Balaban J connectivity index is 0.00000245. The van der Waals surface area contributed by atoms with Gasteiger partial charge in [-0.1, -0.05) is 12.1 Å². The Labute approximate surface area is 185 Å². The van der Waals surface area contributed by atoms with Gasteiger partial charge in [0, 0.05) is 31.3 Å². The number of benzene rings is 1. The van der Waals surface area contributed by atoms with E-state index in [1.165, 1.54) is 28.5 Å². The molecule has 5 rings (SSSR count). The minimum Gasteiger partial charge on any atom is -0.383 e. The molecule has 0 spiro atoms. The van der Waals surface area contributed by atoms with E-state index in [9.17, 15) is 4.79 Å². The van der Waals surface area contributed by atoms with Crippen LogP contribution in [0.3, 0.4) is 0 Å². The number of hydrazine groups is 1. The van der Waals surface area contributed by atoms with Gasteiger partial charge in [0.2, 0.25) is 0 Å². The van der Waals surface area contributed by atoms with Crippen molar-refractivity contribution in [2.75, 3.05) is 0 Å². The quantitative estimate of drug-likeness (QED) is 0.194. The summed E-state index contributed by atoms with van der Waals surface area (Å²) in [6.45, 7) is 0.924. The van der Waals surface area contributed by atoms with Gasteiger partial charge in [0.1, 0.15) is 11.3 Å². The summed E-state index contributed by atoms with van der Waals surface area (Å²) in [5.41, 5.74) is 6.95. The third kappa shape index (κ3) is 4.40. The van der Waals surface area contributed by atoms with Crippen LogP contribution in [-0.2, 0) is 17.9 Å². The number of hydrogen-bond donors (Lipinski definition) is 4. The first-order valence-electron chi connectivity index (χ1n) is 10.3. The van der Waals surface area contributed by atoms with E-state index in [-0.39, 0.29) is 13.0 Å². The smallest absolute Gasteiger partial charge is 0.270 e. The molecule has 4 aromatic rings. The fourth-order valence-corrected chi connectivity index (χ4v) is 4.41. The molecule has 0 aliphatic heterocycles. The lowest BCUT2D eigenvalue weighted by molar-refractivity contribution is -0.118. The van der Waals surface area contributed by atoms with Gasteiger partial charge in [0.05, 0.1) is 12.2 Å². The molecule has 1 aliphatic rings. The van der Waals surface area contributed by atoms with Crippen LogP contribution in [0.15, 0.2) is 66.1 Å². The molecule has 0 atom stereocenters. The van der Waals surface area contributed by atoms with Crippen molar-refractivity contribution in [1.82, 2.24) is 25.4 Å². The number of nitrogens with two attached hydrogens (primary N) is 1. The van der Waals surface area contributed by atoms with E-state index in [4.69, 9.17) is 5.84 Å². The summed E-state index contributed by atoms with van der Waals surface area (Å²) in [4.78, 5) is 17.1. The molecule has 1 saturated carbocycles. The minimum atomic E-state index is -0.274. The van der Waals surface area contributed by atoms with E-state index in [2.05, 4.69) is 67.4 Å². The van der Waals surface area contributed by atoms with Crippen molar-refractivity contribution in [3.63, 3.8) is 0 Å². The molecule has 3 aromatic heterocycles. The lowest BCUT2D eigenvalue weighted by Gasteiger charge is -2.09. The number of carbonyl (C=O) groups is 1. The Morgan fingerprint density at radius 3 is 2.97 bits per heavy atom. The van der Waals surface area contributed by atoms with Gasteiger partial charge in [-0.25, -0.2) is 4.98 Å². The molecule has 0 bridgehead atoms. The zero-order valence-corrected chi connectivity index (χ0v) is 17.8. The molecule has 0 unspecified atom stereocenters. The average molecular weight is 435 g/mol. The van der Waals surface area contributed by atoms with Crippen molar-refractivity contribution < 1.29 is 6.22 Å². The molecule has 0 radical (unpaired) electrons. The number of nitrogens with zero attached hydrogens (tertiary/aromatic N) is 2. The maximum Gasteiger partial charge on any atom is 0.270 e. The van der Waals surface area contributed by atoms with Crippen LogP contribution in [0.4, 0.5) is 0 Å². The van der Waals surface area contributed by atoms with Crippen LogP contribution < -0.4 is 21.9 Å². The molecule has 1 aromatic carbocycles. The molecular formula is C23H26N6OS. The second-order valence-corrected chi connectivity index (χ2v) is 8.74. The lowest BCUT2D eigenvalue weighted by Crippen LogP contribution is -2.35. The van der Waals surface area contributed by atoms with E-state index in [1.54, 1.807) is 17.5 Å². The number of aromatic nitrogens is 2. The maximum absolute atomic E-state index is 12.5. The minimum absolute atomic E-state index is 0. The van der Waals surface area contributed by atoms with Gasteiger partial charge in [-0.15, -0.1) is 11.3 Å². The van der Waals surface area contributed by atoms with Crippen molar-refractivity contribution in [3.05, 3.63) is 82.9 Å². The molecule has 1 amide bonds. The van der Waals surface area contributed by atoms with Crippen molar-refractivity contribution in [2.24, 2.45) is 5.84 Å². The molecule has 3 heterocycles. The first-order chi connectivity index (χ1) is 15.2. The number of nitrogens with one attached hydrogen (secondary N) is 3. The summed E-state index contributed by atoms with van der Waals surface area (Å²) in [7, 11) is 0. The van der Waals surface area contributed by atoms with Gasteiger partial charge >= 0.3 is 0 Å². The Bertz CT molecular complexity index is 1280. The maximum atomic E-state index is 12.5. The van der Waals surface area contributed by atoms with Gasteiger partial charge in [-0.05, 0) is 64.9 Å². The second kappa shape index (κ2) is 8.41. The van der Waals surface area contributed by atoms with Crippen LogP contribution in [0.1, 0.15) is 37.0 Å². The van der Waals surface area contributed by atoms with E-state index in [1.807, 2.05) is 12.3 Å². The summed E-state index contributed by atoms with van der Waals surface area (Å²) in [5.74, 6) is 5.99. The fraction of sp³-hybridized carbons (Fsp3) is 0.217. The molecule has 7 nitrogen and oxygen atoms in total. The van der Waals surface area contributed by atoms with E-state index in [0.29, 0.717) is 19.0 Å². The average Bonchev–Trinajstić information content (AvgIpc) is 3.39. The first-order valence-corrected chi connectivity index (χ1v) is 11.2. The van der Waals surface area contributed by atoms with Crippen molar-refractivity contribution in [3.8, 4) is 0 Å². The highest BCUT2D eigenvalue weighted by Crippen LogP contribution is 2.39. The number of pyridine rings is 1. The lowest BCUT2D eigenvalue weighted by atomic mass is 10.1. The second-order valence-electron chi connectivity index (χ2n) is 7.79. The van der Waals surface area contributed by atoms with Crippen molar-refractivity contribution in [2.45, 2.75) is 31.8 Å². The highest BCUT2D eigenvalue weighted by Gasteiger charge is 2.23. The third-order valence-corrected chi connectivity index (χ3v) is 6.37. The molecule has 1 fully saturated rings. The summed E-state index contributed by atoms with van der Waals surface area (Å²) in [6.07, 6.45) is 8.31. The van der Waals surface area contributed by atoms with Gasteiger partial charge in [-0.3, -0.25) is 10.6 Å². The third-order valence-electron chi connectivity index (χ3n) is 5.47. The Morgan fingerprint density at radius 2 is 2.13 bits per heavy atom. The molecule has 0 saturated heterocycles. The Kier molecular flexibility index (Phi) is 5.31. The van der Waals surface area contributed by atoms with Crippen LogP contribution in [-0.4, -0.2) is 15.3 Å². The van der Waals surface area contributed by atoms with Crippen molar-refractivity contribution >= 4 is 33.0 Å². The van der Waals surface area contributed by atoms with E-state index < -0.39 is 0 Å². The summed E-state index contributed by atoms with van der Waals surface area (Å²) in [5, 5.41) is 9.26. The zero-order chi connectivity index (χ0) is 21.2. The monoisotopic (exact) mass is 434 g/mol. The highest BCUT2D eigenvalue weighted by molar-refractivity contribution is 7.17. The fourth-order valence-electron chi connectivity index (χ4n) is 3.64. The molecule has 8 heteroatoms. The Hall–Kier alpha value is -3.36. The van der Waals surface area contributed by atoms with Crippen LogP contribution in [0.25, 0.3) is 15.7 Å². The molecule has 1 aliphatic carbocycles.